The number of anilines is 2. The van der Waals surface area contributed by atoms with Crippen LogP contribution in [0.5, 0.6) is 0 Å². The predicted molar refractivity (Wildman–Crippen MR) is 165 cm³/mol. The van der Waals surface area contributed by atoms with Crippen molar-refractivity contribution in [2.75, 3.05) is 11.4 Å². The number of carboxylic acid groups (broad SMARTS) is 1. The van der Waals surface area contributed by atoms with Crippen molar-refractivity contribution in [1.82, 2.24) is 0 Å². The number of rotatable bonds is 11. The molecule has 2 aromatic heterocycles. The van der Waals surface area contributed by atoms with E-state index in [9.17, 15) is 4.79 Å². The summed E-state index contributed by atoms with van der Waals surface area (Å²) in [6, 6.07) is 21.8. The maximum Gasteiger partial charge on any atom is 0.346 e. The normalized spacial score (nSPS) is 13.4. The van der Waals surface area contributed by atoms with Crippen LogP contribution in [0.15, 0.2) is 60.2 Å². The number of carboxylic acids is 1. The number of unbranched alkanes of at least 4 members (excludes halogenated alkanes) is 5. The van der Waals surface area contributed by atoms with Gasteiger partial charge in [-0.1, -0.05) is 51.2 Å². The zero-order valence-electron chi connectivity index (χ0n) is 22.4. The summed E-state index contributed by atoms with van der Waals surface area (Å²) in [6.07, 6.45) is 12.8. The lowest BCUT2D eigenvalue weighted by atomic mass is 9.99. The molecule has 0 spiro atoms. The second kappa shape index (κ2) is 12.6. The van der Waals surface area contributed by atoms with Crippen molar-refractivity contribution >= 4 is 56.2 Å². The molecule has 0 saturated heterocycles. The summed E-state index contributed by atoms with van der Waals surface area (Å²) >= 11 is 3.28. The molecule has 0 aliphatic carbocycles. The van der Waals surface area contributed by atoms with Crippen molar-refractivity contribution in [1.29, 1.82) is 5.26 Å². The zero-order valence-corrected chi connectivity index (χ0v) is 24.0. The number of thiophene rings is 2. The van der Waals surface area contributed by atoms with Crippen LogP contribution in [-0.2, 0) is 17.6 Å². The standard InChI is InChI=1S/C33H34N2O2S2/c1-2-3-4-5-6-7-9-23-11-13-27(14-12-23)35-17-8-10-24-18-25-20-32(39-31(25)21-29(24)35)30-16-15-28(38-30)19-26(22-34)33(36)37/h11-16,18-21H,2-10,17H2,1H3,(H,36,37)/b26-19+. The van der Waals surface area contributed by atoms with Crippen LogP contribution in [0, 0.1) is 11.3 Å². The Bertz CT molecular complexity index is 1520. The molecule has 1 aliphatic rings. The molecule has 3 heterocycles. The van der Waals surface area contributed by atoms with Gasteiger partial charge in [-0.25, -0.2) is 4.79 Å². The number of carbonyl (C=O) groups is 1. The average Bonchev–Trinajstić information content (AvgIpc) is 3.59. The van der Waals surface area contributed by atoms with Crippen molar-refractivity contribution in [2.45, 2.75) is 64.7 Å². The number of benzene rings is 2. The van der Waals surface area contributed by atoms with Gasteiger partial charge in [0.05, 0.1) is 0 Å². The van der Waals surface area contributed by atoms with Crippen LogP contribution in [0.1, 0.15) is 67.9 Å². The molecular formula is C33H34N2O2S2. The molecule has 6 heteroatoms. The Morgan fingerprint density at radius 3 is 2.56 bits per heavy atom. The number of hydrogen-bond acceptors (Lipinski definition) is 5. The molecule has 200 valence electrons. The molecule has 0 amide bonds. The largest absolute Gasteiger partial charge is 0.477 e. The highest BCUT2D eigenvalue weighted by Gasteiger charge is 2.20. The lowest BCUT2D eigenvalue weighted by Crippen LogP contribution is -2.24. The zero-order chi connectivity index (χ0) is 27.2. The summed E-state index contributed by atoms with van der Waals surface area (Å²) in [5, 5.41) is 19.5. The van der Waals surface area contributed by atoms with Crippen LogP contribution < -0.4 is 4.90 Å². The van der Waals surface area contributed by atoms with Gasteiger partial charge in [0.1, 0.15) is 11.6 Å². The van der Waals surface area contributed by atoms with Gasteiger partial charge in [0.15, 0.2) is 0 Å². The third kappa shape index (κ3) is 6.43. The summed E-state index contributed by atoms with van der Waals surface area (Å²) in [5.74, 6) is -1.20. The van der Waals surface area contributed by atoms with Crippen molar-refractivity contribution in [2.24, 2.45) is 0 Å². The first-order chi connectivity index (χ1) is 19.1. The smallest absolute Gasteiger partial charge is 0.346 e. The molecule has 0 unspecified atom stereocenters. The minimum Gasteiger partial charge on any atom is -0.477 e. The summed E-state index contributed by atoms with van der Waals surface area (Å²) in [5.41, 5.74) is 5.15. The first kappa shape index (κ1) is 27.2. The van der Waals surface area contributed by atoms with Crippen LogP contribution >= 0.6 is 22.7 Å². The summed E-state index contributed by atoms with van der Waals surface area (Å²) in [4.78, 5) is 16.7. The fourth-order valence-corrected chi connectivity index (χ4v) is 7.42. The van der Waals surface area contributed by atoms with Gasteiger partial charge in [0.2, 0.25) is 0 Å². The first-order valence-corrected chi connectivity index (χ1v) is 15.6. The van der Waals surface area contributed by atoms with E-state index in [1.807, 2.05) is 12.1 Å². The average molecular weight is 555 g/mol. The Morgan fingerprint density at radius 1 is 1.00 bits per heavy atom. The van der Waals surface area contributed by atoms with Gasteiger partial charge < -0.3 is 10.0 Å². The molecule has 39 heavy (non-hydrogen) atoms. The number of nitrogens with zero attached hydrogens (tertiary/aromatic N) is 2. The summed E-state index contributed by atoms with van der Waals surface area (Å²) < 4.78 is 1.25. The maximum atomic E-state index is 11.2. The van der Waals surface area contributed by atoms with Gasteiger partial charge in [-0.05, 0) is 90.7 Å². The van der Waals surface area contributed by atoms with Gasteiger partial charge in [-0.15, -0.1) is 22.7 Å². The number of nitriles is 1. The van der Waals surface area contributed by atoms with E-state index in [1.54, 1.807) is 17.4 Å². The fraction of sp³-hybridized carbons (Fsp3) is 0.333. The van der Waals surface area contributed by atoms with Crippen molar-refractivity contribution in [3.8, 4) is 15.8 Å². The SMILES string of the molecule is CCCCCCCCc1ccc(N2CCCc3cc4cc(-c5ccc(/C=C(\C#N)C(=O)O)s5)sc4cc32)cc1. The third-order valence-electron chi connectivity index (χ3n) is 7.41. The van der Waals surface area contributed by atoms with Crippen LogP contribution in [0.4, 0.5) is 11.4 Å². The Kier molecular flexibility index (Phi) is 8.81. The van der Waals surface area contributed by atoms with Crippen LogP contribution in [-0.4, -0.2) is 17.6 Å². The van der Waals surface area contributed by atoms with E-state index in [0.717, 1.165) is 40.4 Å². The van der Waals surface area contributed by atoms with Crippen molar-refractivity contribution in [3.63, 3.8) is 0 Å². The second-order valence-electron chi connectivity index (χ2n) is 10.2. The molecule has 4 nitrogen and oxygen atoms in total. The van der Waals surface area contributed by atoms with E-state index in [0.29, 0.717) is 0 Å². The molecule has 0 atom stereocenters. The predicted octanol–water partition coefficient (Wildman–Crippen LogP) is 9.61. The van der Waals surface area contributed by atoms with Gasteiger partial charge in [-0.3, -0.25) is 0 Å². The quantitative estimate of drug-likeness (QED) is 0.114. The number of aliphatic carboxylic acids is 1. The highest BCUT2D eigenvalue weighted by Crippen LogP contribution is 2.42. The van der Waals surface area contributed by atoms with Gasteiger partial charge in [-0.2, -0.15) is 5.26 Å². The van der Waals surface area contributed by atoms with Crippen LogP contribution in [0.2, 0.25) is 0 Å². The van der Waals surface area contributed by atoms with Gasteiger partial charge in [0.25, 0.3) is 0 Å². The van der Waals surface area contributed by atoms with Crippen LogP contribution in [0.3, 0.4) is 0 Å². The Morgan fingerprint density at radius 2 is 1.79 bits per heavy atom. The van der Waals surface area contributed by atoms with E-state index in [1.165, 1.54) is 88.5 Å². The van der Waals surface area contributed by atoms with Crippen molar-refractivity contribution < 1.29 is 9.90 Å². The third-order valence-corrected chi connectivity index (χ3v) is 9.74. The second-order valence-corrected chi connectivity index (χ2v) is 12.4. The number of fused-ring (bicyclic) bond motifs is 2. The molecule has 5 rings (SSSR count). The summed E-state index contributed by atoms with van der Waals surface area (Å²) in [7, 11) is 0. The highest BCUT2D eigenvalue weighted by atomic mass is 32.1. The lowest BCUT2D eigenvalue weighted by Gasteiger charge is -2.31. The van der Waals surface area contributed by atoms with E-state index in [4.69, 9.17) is 10.4 Å². The van der Waals surface area contributed by atoms with Crippen LogP contribution in [0.25, 0.3) is 25.9 Å². The first-order valence-electron chi connectivity index (χ1n) is 13.9. The molecule has 4 aromatic rings. The summed E-state index contributed by atoms with van der Waals surface area (Å²) in [6.45, 7) is 3.29. The molecule has 0 saturated carbocycles. The maximum absolute atomic E-state index is 11.2. The van der Waals surface area contributed by atoms with Gasteiger partial charge >= 0.3 is 5.97 Å². The molecule has 1 N–H and O–H groups in total. The number of aryl methyl sites for hydroxylation is 2. The fourth-order valence-electron chi connectivity index (χ4n) is 5.31. The molecule has 0 fully saturated rings. The minimum absolute atomic E-state index is 0.247. The topological polar surface area (TPSA) is 64.3 Å². The monoisotopic (exact) mass is 554 g/mol. The lowest BCUT2D eigenvalue weighted by molar-refractivity contribution is -0.132. The van der Waals surface area contributed by atoms with E-state index in [2.05, 4.69) is 54.3 Å². The van der Waals surface area contributed by atoms with Gasteiger partial charge in [0, 0.05) is 37.3 Å². The Balaban J connectivity index is 1.33. The molecule has 2 aromatic carbocycles. The van der Waals surface area contributed by atoms with E-state index < -0.39 is 5.97 Å². The van der Waals surface area contributed by atoms with E-state index in [-0.39, 0.29) is 5.57 Å². The molecular weight excluding hydrogens is 521 g/mol. The van der Waals surface area contributed by atoms with E-state index >= 15 is 0 Å². The van der Waals surface area contributed by atoms with Crippen molar-refractivity contribution in [3.05, 3.63) is 76.2 Å². The molecule has 0 bridgehead atoms. The Hall–Kier alpha value is -3.40. The number of hydrogen-bond donors (Lipinski definition) is 1. The molecule has 0 radical (unpaired) electrons. The Labute approximate surface area is 238 Å². The highest BCUT2D eigenvalue weighted by molar-refractivity contribution is 7.26. The minimum atomic E-state index is -1.20. The molecule has 1 aliphatic heterocycles.